The molecule has 0 spiro atoms. The summed E-state index contributed by atoms with van der Waals surface area (Å²) in [5.74, 6) is 0. The maximum absolute atomic E-state index is 12.7. The third kappa shape index (κ3) is 4.99. The molecular weight excluding hydrogens is 507 g/mol. The minimum Gasteiger partial charge on any atom is -0.281 e. The Balaban J connectivity index is 2.06. The Morgan fingerprint density at radius 3 is 1.41 bits per heavy atom. The molecule has 2 aromatic heterocycles. The van der Waals surface area contributed by atoms with Crippen molar-refractivity contribution in [3.05, 3.63) is 90.7 Å². The molecule has 0 aliphatic rings. The summed E-state index contributed by atoms with van der Waals surface area (Å²) >= 11 is 11.9. The normalized spacial score (nSPS) is 11.9. The summed E-state index contributed by atoms with van der Waals surface area (Å²) < 4.78 is 61.2. The lowest BCUT2D eigenvalue weighted by atomic mass is 10.3. The highest BCUT2D eigenvalue weighted by Crippen LogP contribution is 2.32. The van der Waals surface area contributed by atoms with Crippen molar-refractivity contribution in [2.45, 2.75) is 23.6 Å². The van der Waals surface area contributed by atoms with Gasteiger partial charge in [-0.05, 0) is 49.2 Å². The van der Waals surface area contributed by atoms with Gasteiger partial charge < -0.3 is 0 Å². The van der Waals surface area contributed by atoms with Gasteiger partial charge in [-0.15, -0.1) is 9.46 Å². The van der Waals surface area contributed by atoms with Crippen LogP contribution >= 0.6 is 23.2 Å². The van der Waals surface area contributed by atoms with Gasteiger partial charge in [0.1, 0.15) is 9.79 Å². The number of rotatable bonds is 6. The molecule has 0 aliphatic carbocycles. The Labute approximate surface area is 192 Å². The van der Waals surface area contributed by atoms with Crippen LogP contribution in [-0.2, 0) is 20.2 Å². The summed E-state index contributed by atoms with van der Waals surface area (Å²) in [4.78, 5) is 22.3. The number of nitrogens with zero attached hydrogens (tertiary/aromatic N) is 2. The second-order valence-corrected chi connectivity index (χ2v) is 10.3. The van der Waals surface area contributed by atoms with E-state index in [2.05, 4.69) is 0 Å². The molecule has 0 amide bonds. The molecule has 0 N–H and O–H groups in total. The van der Waals surface area contributed by atoms with Gasteiger partial charge in [-0.3, -0.25) is 18.2 Å². The molecule has 32 heavy (non-hydrogen) atoms. The molecule has 0 aliphatic heterocycles. The van der Waals surface area contributed by atoms with Crippen LogP contribution in [0.4, 0.5) is 0 Å². The van der Waals surface area contributed by atoms with Gasteiger partial charge in [-0.1, -0.05) is 23.2 Å². The van der Waals surface area contributed by atoms with Crippen molar-refractivity contribution in [1.29, 1.82) is 0 Å². The van der Waals surface area contributed by atoms with Crippen molar-refractivity contribution in [3.8, 4) is 0 Å². The van der Waals surface area contributed by atoms with Crippen molar-refractivity contribution in [1.82, 2.24) is 9.46 Å². The molecule has 0 radical (unpaired) electrons. The third-order valence-corrected chi connectivity index (χ3v) is 7.28. The fourth-order valence-electron chi connectivity index (χ4n) is 2.44. The summed E-state index contributed by atoms with van der Waals surface area (Å²) in [6, 6.07) is 6.55. The van der Waals surface area contributed by atoms with E-state index in [1.807, 2.05) is 0 Å². The van der Waals surface area contributed by atoms with E-state index in [0.717, 1.165) is 30.6 Å². The first kappa shape index (κ1) is 23.9. The van der Waals surface area contributed by atoms with Crippen LogP contribution in [0.25, 0.3) is 0 Å². The highest BCUT2D eigenvalue weighted by atomic mass is 35.5. The number of benzene rings is 1. The van der Waals surface area contributed by atoms with Crippen LogP contribution < -0.4 is 19.7 Å². The molecule has 10 nitrogen and oxygen atoms in total. The van der Waals surface area contributed by atoms with Crippen LogP contribution in [-0.4, -0.2) is 26.3 Å². The van der Waals surface area contributed by atoms with Gasteiger partial charge in [0, 0.05) is 24.5 Å². The first-order valence-corrected chi connectivity index (χ1v) is 12.1. The van der Waals surface area contributed by atoms with Crippen molar-refractivity contribution in [2.75, 3.05) is 0 Å². The van der Waals surface area contributed by atoms with Crippen molar-refractivity contribution >= 4 is 43.4 Å². The molecule has 3 aromatic rings. The van der Waals surface area contributed by atoms with Crippen molar-refractivity contribution in [2.24, 2.45) is 0 Å². The van der Waals surface area contributed by atoms with E-state index in [4.69, 9.17) is 31.8 Å². The second kappa shape index (κ2) is 8.62. The van der Waals surface area contributed by atoms with Gasteiger partial charge in [0.25, 0.3) is 11.1 Å². The average Bonchev–Trinajstić information content (AvgIpc) is 2.66. The van der Waals surface area contributed by atoms with Gasteiger partial charge in [-0.25, -0.2) is 0 Å². The van der Waals surface area contributed by atoms with Gasteiger partial charge in [-0.2, -0.15) is 16.8 Å². The monoisotopic (exact) mass is 520 g/mol. The predicted molar refractivity (Wildman–Crippen MR) is 115 cm³/mol. The molecule has 0 unspecified atom stereocenters. The topological polar surface area (TPSA) is 131 Å². The minimum absolute atomic E-state index is 0.434. The van der Waals surface area contributed by atoms with Crippen LogP contribution in [0.15, 0.2) is 68.2 Å². The van der Waals surface area contributed by atoms with E-state index >= 15 is 0 Å². The SMILES string of the molecule is Cc1ccn(OS(=O)(=O)c2cc(S(=O)(=O)On3ccc(C)cc3=O)c(Cl)cc2Cl)c(=O)c1. The Kier molecular flexibility index (Phi) is 6.43. The van der Waals surface area contributed by atoms with E-state index in [1.54, 1.807) is 13.8 Å². The van der Waals surface area contributed by atoms with Gasteiger partial charge in [0.15, 0.2) is 0 Å². The zero-order valence-electron chi connectivity index (χ0n) is 16.4. The minimum atomic E-state index is -4.78. The summed E-state index contributed by atoms with van der Waals surface area (Å²) in [5, 5.41) is -0.941. The van der Waals surface area contributed by atoms with Crippen LogP contribution in [0, 0.1) is 13.8 Å². The predicted octanol–water partition coefficient (Wildman–Crippen LogP) is 1.57. The maximum atomic E-state index is 12.7. The first-order valence-electron chi connectivity index (χ1n) is 8.58. The fourth-order valence-corrected chi connectivity index (χ4v) is 5.41. The maximum Gasteiger partial charge on any atom is 0.358 e. The van der Waals surface area contributed by atoms with Crippen LogP contribution in [0.2, 0.25) is 10.0 Å². The quantitative estimate of drug-likeness (QED) is 0.478. The number of hydrogen-bond acceptors (Lipinski definition) is 8. The molecule has 1 aromatic carbocycles. The van der Waals surface area contributed by atoms with Gasteiger partial charge >= 0.3 is 20.2 Å². The largest absolute Gasteiger partial charge is 0.358 e. The van der Waals surface area contributed by atoms with E-state index in [-0.39, 0.29) is 0 Å². The number of pyridine rings is 2. The zero-order chi connectivity index (χ0) is 23.8. The van der Waals surface area contributed by atoms with Gasteiger partial charge in [0.05, 0.1) is 10.0 Å². The molecule has 14 heteroatoms. The lowest BCUT2D eigenvalue weighted by Crippen LogP contribution is -2.31. The van der Waals surface area contributed by atoms with Gasteiger partial charge in [0.2, 0.25) is 0 Å². The summed E-state index contributed by atoms with van der Waals surface area (Å²) in [6.07, 6.45) is 2.15. The average molecular weight is 521 g/mol. The van der Waals surface area contributed by atoms with E-state index in [9.17, 15) is 26.4 Å². The molecule has 0 atom stereocenters. The highest BCUT2D eigenvalue weighted by Gasteiger charge is 2.29. The molecule has 170 valence electrons. The summed E-state index contributed by atoms with van der Waals surface area (Å²) in [6.45, 7) is 3.24. The smallest absolute Gasteiger partial charge is 0.281 e. The Bertz CT molecular complexity index is 1430. The fraction of sp³-hybridized carbons (Fsp3) is 0.111. The van der Waals surface area contributed by atoms with Crippen LogP contribution in [0.5, 0.6) is 0 Å². The van der Waals surface area contributed by atoms with Crippen LogP contribution in [0.1, 0.15) is 11.1 Å². The second-order valence-electron chi connectivity index (χ2n) is 6.51. The van der Waals surface area contributed by atoms with E-state index in [0.29, 0.717) is 26.7 Å². The molecule has 3 rings (SSSR count). The van der Waals surface area contributed by atoms with E-state index < -0.39 is 51.2 Å². The van der Waals surface area contributed by atoms with Crippen molar-refractivity contribution < 1.29 is 25.4 Å². The number of aryl methyl sites for hydroxylation is 2. The Hall–Kier alpha value is -2.80. The zero-order valence-corrected chi connectivity index (χ0v) is 19.5. The standard InChI is InChI=1S/C18H14Cl2N2O8S2/c1-11-3-5-21(17(23)7-11)29-31(25,26)15-10-16(14(20)9-13(15)19)32(27,28)30-22-6-4-12(2)8-18(22)24/h3-10H,1-2H3. The molecule has 0 fully saturated rings. The summed E-state index contributed by atoms with van der Waals surface area (Å²) in [5.41, 5.74) is -0.440. The Morgan fingerprint density at radius 2 is 1.06 bits per heavy atom. The van der Waals surface area contributed by atoms with Crippen LogP contribution in [0.3, 0.4) is 0 Å². The molecule has 0 bridgehead atoms. The number of aromatic nitrogens is 2. The number of halogens is 2. The summed E-state index contributed by atoms with van der Waals surface area (Å²) in [7, 11) is -9.56. The molecule has 0 saturated heterocycles. The molecule has 2 heterocycles. The van der Waals surface area contributed by atoms with Crippen molar-refractivity contribution in [3.63, 3.8) is 0 Å². The Morgan fingerprint density at radius 1 is 0.688 bits per heavy atom. The number of hydrogen-bond donors (Lipinski definition) is 0. The molecule has 0 saturated carbocycles. The lowest BCUT2D eigenvalue weighted by Gasteiger charge is -2.13. The molecular formula is C18H14Cl2N2O8S2. The highest BCUT2D eigenvalue weighted by molar-refractivity contribution is 7.88. The lowest BCUT2D eigenvalue weighted by molar-refractivity contribution is 0.266. The van der Waals surface area contributed by atoms with E-state index in [1.165, 1.54) is 12.1 Å². The third-order valence-electron chi connectivity index (χ3n) is 3.96. The first-order chi connectivity index (χ1) is 14.8.